The monoisotopic (exact) mass is 274 g/mol. The average molecular weight is 275 g/mol. The van der Waals surface area contributed by atoms with Gasteiger partial charge < -0.3 is 10.2 Å². The minimum Gasteiger partial charge on any atom is -0.342 e. The quantitative estimate of drug-likeness (QED) is 0.853. The molecule has 0 spiro atoms. The highest BCUT2D eigenvalue weighted by atomic mass is 35.5. The molecule has 2 aliphatic heterocycles. The third-order valence-corrected chi connectivity index (χ3v) is 4.21. The van der Waals surface area contributed by atoms with Crippen LogP contribution in [0.4, 0.5) is 0 Å². The Hall–Kier alpha value is -0.280. The van der Waals surface area contributed by atoms with E-state index in [9.17, 15) is 4.79 Å². The SMILES string of the molecule is CC(C)CCC1CCN(C(=O)C2CNC2)CC1.Cl. The molecule has 4 heteroatoms. The molecule has 0 aliphatic carbocycles. The molecule has 106 valence electrons. The second-order valence-corrected chi connectivity index (χ2v) is 6.10. The van der Waals surface area contributed by atoms with Gasteiger partial charge in [0.05, 0.1) is 5.92 Å². The van der Waals surface area contributed by atoms with Gasteiger partial charge >= 0.3 is 0 Å². The molecular weight excluding hydrogens is 248 g/mol. The summed E-state index contributed by atoms with van der Waals surface area (Å²) in [6, 6.07) is 0. The van der Waals surface area contributed by atoms with Gasteiger partial charge in [-0.2, -0.15) is 0 Å². The zero-order valence-electron chi connectivity index (χ0n) is 11.7. The van der Waals surface area contributed by atoms with Gasteiger partial charge in [0.2, 0.25) is 5.91 Å². The minimum absolute atomic E-state index is 0. The van der Waals surface area contributed by atoms with E-state index in [0.717, 1.165) is 38.0 Å². The number of nitrogens with zero attached hydrogens (tertiary/aromatic N) is 1. The third kappa shape index (κ3) is 4.13. The lowest BCUT2D eigenvalue weighted by molar-refractivity contribution is -0.138. The normalized spacial score (nSPS) is 21.6. The Balaban J connectivity index is 0.00000162. The molecular formula is C14H27ClN2O. The van der Waals surface area contributed by atoms with Gasteiger partial charge in [0, 0.05) is 26.2 Å². The molecule has 2 heterocycles. The van der Waals surface area contributed by atoms with Gasteiger partial charge in [-0.1, -0.05) is 26.7 Å². The Morgan fingerprint density at radius 1 is 1.28 bits per heavy atom. The van der Waals surface area contributed by atoms with Crippen LogP contribution in [0.15, 0.2) is 0 Å². The Kier molecular flexibility index (Phi) is 6.44. The zero-order chi connectivity index (χ0) is 12.3. The second-order valence-electron chi connectivity index (χ2n) is 6.10. The van der Waals surface area contributed by atoms with Crippen molar-refractivity contribution in [3.05, 3.63) is 0 Å². The molecule has 18 heavy (non-hydrogen) atoms. The Bertz CT molecular complexity index is 259. The molecule has 0 unspecified atom stereocenters. The van der Waals surface area contributed by atoms with Crippen LogP contribution in [0.2, 0.25) is 0 Å². The van der Waals surface area contributed by atoms with E-state index in [-0.39, 0.29) is 18.3 Å². The molecule has 0 bridgehead atoms. The molecule has 2 saturated heterocycles. The van der Waals surface area contributed by atoms with Gasteiger partial charge in [-0.3, -0.25) is 4.79 Å². The number of carbonyl (C=O) groups excluding carboxylic acids is 1. The van der Waals surface area contributed by atoms with Crippen molar-refractivity contribution >= 4 is 18.3 Å². The van der Waals surface area contributed by atoms with Crippen molar-refractivity contribution < 1.29 is 4.79 Å². The number of carbonyl (C=O) groups is 1. The van der Waals surface area contributed by atoms with E-state index in [1.807, 2.05) is 0 Å². The van der Waals surface area contributed by atoms with Crippen LogP contribution in [0.3, 0.4) is 0 Å². The van der Waals surface area contributed by atoms with Crippen LogP contribution in [0.25, 0.3) is 0 Å². The Labute approximate surface area is 117 Å². The van der Waals surface area contributed by atoms with Gasteiger partial charge in [0.15, 0.2) is 0 Å². The van der Waals surface area contributed by atoms with Crippen molar-refractivity contribution in [2.45, 2.75) is 39.5 Å². The van der Waals surface area contributed by atoms with E-state index >= 15 is 0 Å². The number of likely N-dealkylation sites (tertiary alicyclic amines) is 1. The lowest BCUT2D eigenvalue weighted by Crippen LogP contribution is -2.53. The van der Waals surface area contributed by atoms with Crippen LogP contribution in [0.1, 0.15) is 39.5 Å². The third-order valence-electron chi connectivity index (χ3n) is 4.21. The minimum atomic E-state index is 0. The summed E-state index contributed by atoms with van der Waals surface area (Å²) in [5, 5.41) is 3.18. The van der Waals surface area contributed by atoms with Crippen LogP contribution in [0, 0.1) is 17.8 Å². The van der Waals surface area contributed by atoms with Crippen LogP contribution < -0.4 is 5.32 Å². The van der Waals surface area contributed by atoms with Gasteiger partial charge in [0.25, 0.3) is 0 Å². The molecule has 0 aromatic rings. The zero-order valence-corrected chi connectivity index (χ0v) is 12.5. The highest BCUT2D eigenvalue weighted by molar-refractivity contribution is 5.85. The molecule has 0 aromatic heterocycles. The Morgan fingerprint density at radius 2 is 1.89 bits per heavy atom. The predicted octanol–water partition coefficient (Wildman–Crippen LogP) is 2.30. The average Bonchev–Trinajstić information content (AvgIpc) is 2.24. The lowest BCUT2D eigenvalue weighted by atomic mass is 9.89. The van der Waals surface area contributed by atoms with E-state index in [2.05, 4.69) is 24.1 Å². The molecule has 1 amide bonds. The summed E-state index contributed by atoms with van der Waals surface area (Å²) in [6.07, 6.45) is 5.13. The van der Waals surface area contributed by atoms with Gasteiger partial charge in [-0.25, -0.2) is 0 Å². The fourth-order valence-corrected chi connectivity index (χ4v) is 2.73. The Morgan fingerprint density at radius 3 is 2.33 bits per heavy atom. The van der Waals surface area contributed by atoms with E-state index in [1.165, 1.54) is 25.7 Å². The van der Waals surface area contributed by atoms with Gasteiger partial charge in [-0.05, 0) is 24.7 Å². The number of piperidine rings is 1. The van der Waals surface area contributed by atoms with E-state index in [4.69, 9.17) is 0 Å². The smallest absolute Gasteiger partial charge is 0.228 e. The van der Waals surface area contributed by atoms with E-state index < -0.39 is 0 Å². The van der Waals surface area contributed by atoms with Crippen LogP contribution in [-0.2, 0) is 4.79 Å². The lowest BCUT2D eigenvalue weighted by Gasteiger charge is -2.37. The highest BCUT2D eigenvalue weighted by Gasteiger charge is 2.31. The van der Waals surface area contributed by atoms with E-state index in [1.54, 1.807) is 0 Å². The number of hydrogen-bond donors (Lipinski definition) is 1. The van der Waals surface area contributed by atoms with E-state index in [0.29, 0.717) is 5.91 Å². The van der Waals surface area contributed by atoms with Crippen molar-refractivity contribution in [3.63, 3.8) is 0 Å². The topological polar surface area (TPSA) is 32.3 Å². The molecule has 1 N–H and O–H groups in total. The second kappa shape index (κ2) is 7.34. The summed E-state index contributed by atoms with van der Waals surface area (Å²) >= 11 is 0. The first-order chi connectivity index (χ1) is 8.16. The predicted molar refractivity (Wildman–Crippen MR) is 77.0 cm³/mol. The standard InChI is InChI=1S/C14H26N2O.ClH/c1-11(2)3-4-12-5-7-16(8-6-12)14(17)13-9-15-10-13;/h11-13,15H,3-10H2,1-2H3;1H. The number of halogens is 1. The molecule has 0 saturated carbocycles. The summed E-state index contributed by atoms with van der Waals surface area (Å²) < 4.78 is 0. The van der Waals surface area contributed by atoms with Gasteiger partial charge in [0.1, 0.15) is 0 Å². The van der Waals surface area contributed by atoms with Crippen molar-refractivity contribution in [2.24, 2.45) is 17.8 Å². The summed E-state index contributed by atoms with van der Waals surface area (Å²) in [5.74, 6) is 2.35. The summed E-state index contributed by atoms with van der Waals surface area (Å²) in [4.78, 5) is 14.1. The largest absolute Gasteiger partial charge is 0.342 e. The van der Waals surface area contributed by atoms with Crippen LogP contribution >= 0.6 is 12.4 Å². The van der Waals surface area contributed by atoms with Crippen LogP contribution in [0.5, 0.6) is 0 Å². The summed E-state index contributed by atoms with van der Waals surface area (Å²) in [6.45, 7) is 8.37. The van der Waals surface area contributed by atoms with Crippen molar-refractivity contribution in [3.8, 4) is 0 Å². The fraction of sp³-hybridized carbons (Fsp3) is 0.929. The summed E-state index contributed by atoms with van der Waals surface area (Å²) in [5.41, 5.74) is 0. The van der Waals surface area contributed by atoms with Crippen molar-refractivity contribution in [1.82, 2.24) is 10.2 Å². The van der Waals surface area contributed by atoms with Crippen molar-refractivity contribution in [2.75, 3.05) is 26.2 Å². The maximum absolute atomic E-state index is 12.0. The molecule has 3 nitrogen and oxygen atoms in total. The fourth-order valence-electron chi connectivity index (χ4n) is 2.73. The summed E-state index contributed by atoms with van der Waals surface area (Å²) in [7, 11) is 0. The van der Waals surface area contributed by atoms with Crippen LogP contribution in [-0.4, -0.2) is 37.0 Å². The first-order valence-corrected chi connectivity index (χ1v) is 7.16. The highest BCUT2D eigenvalue weighted by Crippen LogP contribution is 2.25. The maximum atomic E-state index is 12.0. The molecule has 0 radical (unpaired) electrons. The number of hydrogen-bond acceptors (Lipinski definition) is 2. The maximum Gasteiger partial charge on any atom is 0.228 e. The molecule has 2 aliphatic rings. The number of nitrogens with one attached hydrogen (secondary N) is 1. The molecule has 0 aromatic carbocycles. The molecule has 2 fully saturated rings. The number of rotatable bonds is 4. The first-order valence-electron chi connectivity index (χ1n) is 7.16. The van der Waals surface area contributed by atoms with Gasteiger partial charge in [-0.15, -0.1) is 12.4 Å². The molecule has 2 rings (SSSR count). The molecule has 0 atom stereocenters. The van der Waals surface area contributed by atoms with Crippen molar-refractivity contribution in [1.29, 1.82) is 0 Å². The first kappa shape index (κ1) is 15.8. The number of amides is 1.